The zero-order valence-corrected chi connectivity index (χ0v) is 18.1. The largest absolute Gasteiger partial charge is 2.00 e. The molecule has 1 rings (SSSR count). The van der Waals surface area contributed by atoms with E-state index < -0.39 is 83.3 Å². The van der Waals surface area contributed by atoms with Crippen molar-refractivity contribution in [2.45, 2.75) is 14.7 Å². The van der Waals surface area contributed by atoms with E-state index in [4.69, 9.17) is 5.26 Å². The fourth-order valence-corrected chi connectivity index (χ4v) is 5.68. The minimum Gasteiger partial charge on any atom is -0.744 e. The molecule has 0 heterocycles. The Bertz CT molecular complexity index is 1380. The molecule has 0 fully saturated rings. The van der Waals surface area contributed by atoms with Crippen LogP contribution in [0.5, 0.6) is 0 Å². The van der Waals surface area contributed by atoms with Gasteiger partial charge in [0.15, 0.2) is 10.1 Å². The summed E-state index contributed by atoms with van der Waals surface area (Å²) in [7, 11) is -25.4. The van der Waals surface area contributed by atoms with Crippen LogP contribution in [0.3, 0.4) is 0 Å². The van der Waals surface area contributed by atoms with E-state index in [1.165, 1.54) is 0 Å². The van der Waals surface area contributed by atoms with Gasteiger partial charge in [0.25, 0.3) is 10.9 Å². The first-order valence-electron chi connectivity index (χ1n) is 5.78. The summed E-state index contributed by atoms with van der Waals surface area (Å²) in [5.74, 6) is -2.16. The van der Waals surface area contributed by atoms with Gasteiger partial charge >= 0.3 is 34.1 Å². The van der Waals surface area contributed by atoms with Crippen molar-refractivity contribution in [2.24, 2.45) is 0 Å². The molecule has 0 aliphatic heterocycles. The molecular weight excluding hydrogens is 601 g/mol. The van der Waals surface area contributed by atoms with Gasteiger partial charge in [-0.2, -0.15) is 5.26 Å². The second-order valence-electron chi connectivity index (χ2n) is 4.50. The van der Waals surface area contributed by atoms with Crippen molar-refractivity contribution in [1.82, 2.24) is 0 Å². The molecule has 21 heteroatoms. The molecule has 0 aliphatic rings. The third-order valence-electron chi connectivity index (χ3n) is 2.75. The second-order valence-corrected chi connectivity index (χ2v) is 9.76. The van der Waals surface area contributed by atoms with Crippen LogP contribution >= 0.6 is 0 Å². The van der Waals surface area contributed by atoms with Crippen LogP contribution in [-0.4, -0.2) is 62.8 Å². The van der Waals surface area contributed by atoms with Crippen LogP contribution in [0, 0.1) is 11.3 Å². The van der Waals surface area contributed by atoms with Crippen LogP contribution < -0.4 is 0 Å². The summed E-state index contributed by atoms with van der Waals surface area (Å²) in [5.41, 5.74) is -4.26. The number of carbonyl (C=O) groups excluding carboxylic acids is 2. The topological polar surface area (TPSA) is 287 Å². The Kier molecular flexibility index (Phi) is 9.76. The molecule has 30 heavy (non-hydrogen) atoms. The summed E-state index contributed by atoms with van der Waals surface area (Å²) in [6.07, 6.45) is 0. The summed E-state index contributed by atoms with van der Waals surface area (Å²) in [5, 5.41) is 5.58. The maximum Gasteiger partial charge on any atom is 2.00 e. The smallest absolute Gasteiger partial charge is 0.744 e. The molecule has 0 spiro atoms. The minimum absolute atomic E-state index is 0. The third kappa shape index (κ3) is 6.36. The molecule has 1 aromatic carbocycles. The van der Waals surface area contributed by atoms with Crippen LogP contribution in [-0.2, 0) is 74.6 Å². The normalized spacial score (nSPS) is 12.1. The number of hydrogen-bond donors (Lipinski definition) is 0. The van der Waals surface area contributed by atoms with E-state index in [2.05, 4.69) is 0 Å². The van der Waals surface area contributed by atoms with E-state index in [9.17, 15) is 61.5 Å². The first kappa shape index (κ1) is 30.9. The Morgan fingerprint density at radius 2 is 1.17 bits per heavy atom. The van der Waals surface area contributed by atoms with Gasteiger partial charge < -0.3 is 18.2 Å². The van der Waals surface area contributed by atoms with Crippen LogP contribution in [0.1, 0.15) is 20.7 Å². The van der Waals surface area contributed by atoms with Gasteiger partial charge in [-0.05, 0) is 6.07 Å². The Labute approximate surface area is 189 Å². The molecule has 0 aliphatic carbocycles. The average Bonchev–Trinajstić information content (AvgIpc) is 2.47. The number of hydrogen-bond acceptors (Lipinski definition) is 15. The van der Waals surface area contributed by atoms with Gasteiger partial charge in [0.2, 0.25) is 0 Å². The van der Waals surface area contributed by atoms with Gasteiger partial charge in [-0.1, -0.05) is 0 Å². The fourth-order valence-electron chi connectivity index (χ4n) is 1.84. The van der Waals surface area contributed by atoms with Gasteiger partial charge in [0, 0.05) is 5.56 Å². The Balaban J connectivity index is 0. The van der Waals surface area contributed by atoms with Crippen molar-refractivity contribution in [3.8, 4) is 6.07 Å². The van der Waals surface area contributed by atoms with E-state index in [0.29, 0.717) is 6.07 Å². The SMILES string of the molecule is N#CC(=O)c1cc(S(=O)(=O)[O-])c(S(=O)(=O)[O-])c(S(=O)(=O)[O-])c1C(=O)S(=O)(=O)[O-].[Cu+2].[Cu+2]. The third-order valence-corrected chi connectivity index (χ3v) is 6.36. The summed E-state index contributed by atoms with van der Waals surface area (Å²) in [4.78, 5) is 15.5. The van der Waals surface area contributed by atoms with Crippen LogP contribution in [0.2, 0.25) is 0 Å². The fraction of sp³-hybridized carbons (Fsp3) is 0. The summed E-state index contributed by atoms with van der Waals surface area (Å²) in [6.45, 7) is 0. The van der Waals surface area contributed by atoms with Crippen molar-refractivity contribution < 1.29 is 95.6 Å². The zero-order valence-electron chi connectivity index (χ0n) is 13.0. The predicted octanol–water partition coefficient (Wildman–Crippen LogP) is -3.21. The van der Waals surface area contributed by atoms with E-state index in [1.807, 2.05) is 0 Å². The van der Waals surface area contributed by atoms with Crippen molar-refractivity contribution >= 4 is 51.4 Å². The number of Topliss-reactive ketones (excluding diaryl/α,β-unsaturated/α-hetero) is 1. The zero-order chi connectivity index (χ0) is 22.5. The molecule has 0 N–H and O–H groups in total. The summed E-state index contributed by atoms with van der Waals surface area (Å²) in [6, 6.07) is 0.154. The molecule has 2 radical (unpaired) electrons. The summed E-state index contributed by atoms with van der Waals surface area (Å²) < 4.78 is 134. The number of rotatable bonds is 5. The van der Waals surface area contributed by atoms with Crippen LogP contribution in [0.25, 0.3) is 0 Å². The molecule has 0 saturated carbocycles. The standard InChI is InChI=1S/C9H5NO14S4.2Cu/c10-2-4(11)3-1-5(25(13,14)15)7(26(16,17)18)8(27(19,20)21)6(3)9(12)28(22,23)24;;/h1H,(H,13,14,15)(H,16,17,18)(H,19,20,21)(H,22,23,24);;/q;2*+2/p-4. The van der Waals surface area contributed by atoms with Crippen molar-refractivity contribution in [1.29, 1.82) is 5.26 Å². The first-order valence-corrected chi connectivity index (χ1v) is 11.4. The molecule has 0 aromatic heterocycles. The Morgan fingerprint density at radius 1 is 0.767 bits per heavy atom. The van der Waals surface area contributed by atoms with Gasteiger partial charge in [-0.15, -0.1) is 0 Å². The van der Waals surface area contributed by atoms with Gasteiger partial charge in [-0.3, -0.25) is 9.59 Å². The van der Waals surface area contributed by atoms with Crippen LogP contribution in [0.4, 0.5) is 0 Å². The molecule has 0 atom stereocenters. The second kappa shape index (κ2) is 9.47. The number of ketones is 1. The van der Waals surface area contributed by atoms with E-state index >= 15 is 0 Å². The van der Waals surface area contributed by atoms with Crippen LogP contribution in [0.15, 0.2) is 20.8 Å². The predicted molar refractivity (Wildman–Crippen MR) is 74.3 cm³/mol. The molecule has 0 bridgehead atoms. The van der Waals surface area contributed by atoms with Crippen molar-refractivity contribution in [3.05, 3.63) is 17.2 Å². The molecule has 1 aromatic rings. The van der Waals surface area contributed by atoms with Crippen molar-refractivity contribution in [3.63, 3.8) is 0 Å². The van der Waals surface area contributed by atoms with Crippen molar-refractivity contribution in [2.75, 3.05) is 0 Å². The minimum atomic E-state index is -6.52. The molecule has 172 valence electrons. The number of carbonyl (C=O) groups is 2. The van der Waals surface area contributed by atoms with E-state index in [0.717, 1.165) is 0 Å². The molecular formula is C9HCu2NO14S4. The molecule has 0 saturated heterocycles. The number of nitrogens with zero attached hydrogens (tertiary/aromatic N) is 1. The number of benzene rings is 1. The maximum absolute atomic E-state index is 11.7. The molecule has 0 unspecified atom stereocenters. The Hall–Kier alpha value is -1.27. The Morgan fingerprint density at radius 3 is 1.43 bits per heavy atom. The quantitative estimate of drug-likeness (QED) is 0.139. The van der Waals surface area contributed by atoms with Gasteiger partial charge in [-0.25, -0.2) is 33.7 Å². The van der Waals surface area contributed by atoms with E-state index in [-0.39, 0.29) is 34.1 Å². The molecule has 15 nitrogen and oxygen atoms in total. The number of nitriles is 1. The maximum atomic E-state index is 11.7. The average molecular weight is 602 g/mol. The first-order chi connectivity index (χ1) is 12.2. The monoisotopic (exact) mass is 601 g/mol. The summed E-state index contributed by atoms with van der Waals surface area (Å²) >= 11 is 0. The van der Waals surface area contributed by atoms with Gasteiger partial charge in [0.1, 0.15) is 36.4 Å². The molecule has 0 amide bonds. The van der Waals surface area contributed by atoms with E-state index in [1.54, 1.807) is 0 Å². The van der Waals surface area contributed by atoms with Gasteiger partial charge in [0.05, 0.1) is 20.2 Å².